The molecule has 0 saturated carbocycles. The minimum Gasteiger partial charge on any atom is -0.356 e. The molecule has 1 fully saturated rings. The number of carbonyl (C=O) groups is 1. The van der Waals surface area contributed by atoms with Crippen molar-refractivity contribution >= 4 is 39.7 Å². The SMILES string of the molecule is Cc1cc(-c2nc3c4ccccc4nc(NC[C@H]4CCCCNC4=O)n3n2)cs1. The van der Waals surface area contributed by atoms with Gasteiger partial charge in [0.25, 0.3) is 0 Å². The van der Waals surface area contributed by atoms with Crippen molar-refractivity contribution in [2.75, 3.05) is 18.4 Å². The summed E-state index contributed by atoms with van der Waals surface area (Å²) in [6.45, 7) is 3.37. The maximum atomic E-state index is 12.3. The van der Waals surface area contributed by atoms with E-state index in [2.05, 4.69) is 29.0 Å². The molecule has 0 bridgehead atoms. The van der Waals surface area contributed by atoms with Gasteiger partial charge in [0, 0.05) is 34.3 Å². The molecular weight excluding hydrogens is 384 g/mol. The fourth-order valence-corrected chi connectivity index (χ4v) is 4.45. The van der Waals surface area contributed by atoms with Crippen LogP contribution in [0.3, 0.4) is 0 Å². The van der Waals surface area contributed by atoms with Gasteiger partial charge in [-0.25, -0.2) is 9.97 Å². The summed E-state index contributed by atoms with van der Waals surface area (Å²) in [7, 11) is 0. The molecule has 8 heteroatoms. The Morgan fingerprint density at radius 2 is 2.17 bits per heavy atom. The molecule has 0 aliphatic carbocycles. The second-order valence-corrected chi connectivity index (χ2v) is 8.55. The number of benzene rings is 1. The topological polar surface area (TPSA) is 84.2 Å². The predicted molar refractivity (Wildman–Crippen MR) is 115 cm³/mol. The van der Waals surface area contributed by atoms with Gasteiger partial charge in [-0.05, 0) is 38.0 Å². The van der Waals surface area contributed by atoms with Crippen molar-refractivity contribution in [2.45, 2.75) is 26.2 Å². The average molecular weight is 407 g/mol. The van der Waals surface area contributed by atoms with Gasteiger partial charge in [0.2, 0.25) is 11.9 Å². The molecule has 0 radical (unpaired) electrons. The van der Waals surface area contributed by atoms with Crippen molar-refractivity contribution in [2.24, 2.45) is 5.92 Å². The summed E-state index contributed by atoms with van der Waals surface area (Å²) >= 11 is 1.68. The number of aryl methyl sites for hydroxylation is 1. The van der Waals surface area contributed by atoms with E-state index in [9.17, 15) is 4.79 Å². The Kier molecular flexibility index (Phi) is 4.63. The Morgan fingerprint density at radius 1 is 1.28 bits per heavy atom. The lowest BCUT2D eigenvalue weighted by molar-refractivity contribution is -0.124. The largest absolute Gasteiger partial charge is 0.356 e. The van der Waals surface area contributed by atoms with Gasteiger partial charge in [-0.15, -0.1) is 16.4 Å². The molecule has 0 spiro atoms. The van der Waals surface area contributed by atoms with Gasteiger partial charge in [-0.3, -0.25) is 4.79 Å². The number of rotatable bonds is 4. The van der Waals surface area contributed by atoms with Gasteiger partial charge in [0.05, 0.1) is 11.4 Å². The van der Waals surface area contributed by atoms with Crippen LogP contribution < -0.4 is 10.6 Å². The summed E-state index contributed by atoms with van der Waals surface area (Å²) in [5, 5.41) is 14.1. The van der Waals surface area contributed by atoms with Crippen LogP contribution in [0.15, 0.2) is 35.7 Å². The average Bonchev–Trinajstić information content (AvgIpc) is 3.31. The number of amides is 1. The number of nitrogens with zero attached hydrogens (tertiary/aromatic N) is 4. The summed E-state index contributed by atoms with van der Waals surface area (Å²) in [6.07, 6.45) is 2.97. The fourth-order valence-electron chi connectivity index (χ4n) is 3.77. The lowest BCUT2D eigenvalue weighted by atomic mass is 10.0. The maximum Gasteiger partial charge on any atom is 0.226 e. The molecule has 1 amide bonds. The molecular formula is C21H22N6OS. The minimum absolute atomic E-state index is 0.0664. The van der Waals surface area contributed by atoms with E-state index in [4.69, 9.17) is 15.1 Å². The van der Waals surface area contributed by atoms with Gasteiger partial charge in [-0.1, -0.05) is 18.6 Å². The first-order valence-corrected chi connectivity index (χ1v) is 10.8. The smallest absolute Gasteiger partial charge is 0.226 e. The van der Waals surface area contributed by atoms with Gasteiger partial charge in [-0.2, -0.15) is 4.52 Å². The maximum absolute atomic E-state index is 12.3. The van der Waals surface area contributed by atoms with Crippen LogP contribution in [0.2, 0.25) is 0 Å². The van der Waals surface area contributed by atoms with E-state index in [0.717, 1.165) is 47.9 Å². The number of anilines is 1. The first-order valence-electron chi connectivity index (χ1n) is 9.91. The number of para-hydroxylation sites is 1. The van der Waals surface area contributed by atoms with E-state index in [1.165, 1.54) is 4.88 Å². The van der Waals surface area contributed by atoms with Gasteiger partial charge in [0.1, 0.15) is 0 Å². The minimum atomic E-state index is -0.0664. The lowest BCUT2D eigenvalue weighted by Gasteiger charge is -2.15. The van der Waals surface area contributed by atoms with Crippen LogP contribution in [0.1, 0.15) is 24.1 Å². The molecule has 4 heterocycles. The van der Waals surface area contributed by atoms with Crippen molar-refractivity contribution < 1.29 is 4.79 Å². The van der Waals surface area contributed by atoms with E-state index < -0.39 is 0 Å². The third-order valence-corrected chi connectivity index (χ3v) is 6.19. The molecule has 1 aliphatic rings. The summed E-state index contributed by atoms with van der Waals surface area (Å²) in [6, 6.07) is 10.0. The molecule has 148 valence electrons. The van der Waals surface area contributed by atoms with Crippen molar-refractivity contribution in [3.63, 3.8) is 0 Å². The molecule has 1 aromatic carbocycles. The van der Waals surface area contributed by atoms with Crippen LogP contribution in [-0.2, 0) is 4.79 Å². The number of hydrogen-bond donors (Lipinski definition) is 2. The van der Waals surface area contributed by atoms with Crippen LogP contribution >= 0.6 is 11.3 Å². The summed E-state index contributed by atoms with van der Waals surface area (Å²) < 4.78 is 1.76. The van der Waals surface area contributed by atoms with Crippen molar-refractivity contribution in [1.29, 1.82) is 0 Å². The molecule has 3 aromatic heterocycles. The number of aromatic nitrogens is 4. The summed E-state index contributed by atoms with van der Waals surface area (Å²) in [4.78, 5) is 23.1. The standard InChI is InChI=1S/C21H22N6OS/c1-13-10-15(12-29-13)18-25-19-16-7-2-3-8-17(16)24-21(27(19)26-18)23-11-14-6-4-5-9-22-20(14)28/h2-3,7-8,10,12,14H,4-6,9,11H2,1H3,(H,22,28)(H,23,24)/t14-/m1/s1. The van der Waals surface area contributed by atoms with E-state index >= 15 is 0 Å². The highest BCUT2D eigenvalue weighted by Crippen LogP contribution is 2.27. The van der Waals surface area contributed by atoms with Crippen molar-refractivity contribution in [3.8, 4) is 11.4 Å². The van der Waals surface area contributed by atoms with E-state index in [1.54, 1.807) is 15.9 Å². The first kappa shape index (κ1) is 18.1. The Labute approximate surface area is 172 Å². The molecule has 29 heavy (non-hydrogen) atoms. The molecule has 5 rings (SSSR count). The van der Waals surface area contributed by atoms with Crippen molar-refractivity contribution in [3.05, 3.63) is 40.6 Å². The zero-order valence-electron chi connectivity index (χ0n) is 16.2. The Hall–Kier alpha value is -3.00. The molecule has 0 unspecified atom stereocenters. The molecule has 7 nitrogen and oxygen atoms in total. The highest BCUT2D eigenvalue weighted by Gasteiger charge is 2.22. The Bertz CT molecular complexity index is 1200. The third-order valence-electron chi connectivity index (χ3n) is 5.32. The second kappa shape index (κ2) is 7.44. The van der Waals surface area contributed by atoms with E-state index in [1.807, 2.05) is 24.3 Å². The van der Waals surface area contributed by atoms with Crippen LogP contribution in [0.4, 0.5) is 5.95 Å². The molecule has 1 atom stereocenters. The molecule has 4 aromatic rings. The van der Waals surface area contributed by atoms with Crippen LogP contribution in [0.5, 0.6) is 0 Å². The predicted octanol–water partition coefficient (Wildman–Crippen LogP) is 3.64. The van der Waals surface area contributed by atoms with Gasteiger partial charge in [0.15, 0.2) is 11.5 Å². The number of thiophene rings is 1. The van der Waals surface area contributed by atoms with Crippen molar-refractivity contribution in [1.82, 2.24) is 24.9 Å². The third kappa shape index (κ3) is 3.44. The lowest BCUT2D eigenvalue weighted by Crippen LogP contribution is -2.33. The van der Waals surface area contributed by atoms with Crippen LogP contribution in [0, 0.1) is 12.8 Å². The second-order valence-electron chi connectivity index (χ2n) is 7.43. The van der Waals surface area contributed by atoms with Gasteiger partial charge >= 0.3 is 0 Å². The summed E-state index contributed by atoms with van der Waals surface area (Å²) in [5.41, 5.74) is 2.63. The number of fused-ring (bicyclic) bond motifs is 3. The zero-order valence-corrected chi connectivity index (χ0v) is 17.0. The molecule has 1 aliphatic heterocycles. The molecule has 2 N–H and O–H groups in total. The van der Waals surface area contributed by atoms with Crippen LogP contribution in [-0.4, -0.2) is 38.6 Å². The molecule has 1 saturated heterocycles. The Morgan fingerprint density at radius 3 is 3.03 bits per heavy atom. The normalized spacial score (nSPS) is 17.4. The highest BCUT2D eigenvalue weighted by atomic mass is 32.1. The monoisotopic (exact) mass is 406 g/mol. The highest BCUT2D eigenvalue weighted by molar-refractivity contribution is 7.10. The quantitative estimate of drug-likeness (QED) is 0.541. The number of nitrogens with one attached hydrogen (secondary N) is 2. The van der Waals surface area contributed by atoms with Crippen LogP contribution in [0.25, 0.3) is 27.9 Å². The first-order chi connectivity index (χ1) is 14.2. The summed E-state index contributed by atoms with van der Waals surface area (Å²) in [5.74, 6) is 1.34. The fraction of sp³-hybridized carbons (Fsp3) is 0.333. The van der Waals surface area contributed by atoms with Gasteiger partial charge < -0.3 is 10.6 Å². The zero-order chi connectivity index (χ0) is 19.8. The Balaban J connectivity index is 1.56. The number of carbonyl (C=O) groups excluding carboxylic acids is 1. The van der Waals surface area contributed by atoms with E-state index in [0.29, 0.717) is 18.3 Å². The number of hydrogen-bond acceptors (Lipinski definition) is 6. The van der Waals surface area contributed by atoms with E-state index in [-0.39, 0.29) is 11.8 Å².